The van der Waals surface area contributed by atoms with E-state index in [1.165, 1.54) is 22.3 Å². The lowest BCUT2D eigenvalue weighted by Gasteiger charge is -2.21. The lowest BCUT2D eigenvalue weighted by atomic mass is 9.82. The zero-order chi connectivity index (χ0) is 44.6. The second-order valence-electron chi connectivity index (χ2n) is 17.5. The number of fused-ring (bicyclic) bond motifs is 7. The van der Waals surface area contributed by atoms with E-state index < -0.39 is 6.17 Å². The zero-order valence-electron chi connectivity index (χ0n) is 37.3. The predicted octanol–water partition coefficient (Wildman–Crippen LogP) is 15.1. The average Bonchev–Trinajstić information content (AvgIpc) is 3.83. The molecule has 0 radical (unpaired) electrons. The Morgan fingerprint density at radius 3 is 1.92 bits per heavy atom. The molecule has 66 heavy (non-hydrogen) atoms. The van der Waals surface area contributed by atoms with Gasteiger partial charge in [0.15, 0.2) is 0 Å². The maximum Gasteiger partial charge on any atom is 0.231 e. The smallest absolute Gasteiger partial charge is 0.231 e. The van der Waals surface area contributed by atoms with Crippen LogP contribution in [0, 0.1) is 0 Å². The van der Waals surface area contributed by atoms with E-state index in [1.807, 2.05) is 37.5 Å². The molecule has 0 fully saturated rings. The summed E-state index contributed by atoms with van der Waals surface area (Å²) >= 11 is 0. The van der Waals surface area contributed by atoms with Crippen molar-refractivity contribution in [2.75, 3.05) is 12.4 Å². The van der Waals surface area contributed by atoms with Crippen LogP contribution < -0.4 is 10.6 Å². The molecule has 10 aromatic rings. The molecule has 1 aliphatic rings. The van der Waals surface area contributed by atoms with Crippen molar-refractivity contribution in [1.29, 1.82) is 0 Å². The summed E-state index contributed by atoms with van der Waals surface area (Å²) in [5.41, 5.74) is 18.0. The fraction of sp³-hybridized carbons (Fsp3) is 0.0820. The van der Waals surface area contributed by atoms with Crippen LogP contribution >= 0.6 is 0 Å². The van der Waals surface area contributed by atoms with Crippen molar-refractivity contribution >= 4 is 45.4 Å². The minimum absolute atomic E-state index is 0.202. The Morgan fingerprint density at radius 1 is 0.530 bits per heavy atom. The number of nitrogens with zero attached hydrogens (tertiary/aromatic N) is 3. The molecule has 318 valence electrons. The van der Waals surface area contributed by atoms with Gasteiger partial charge in [-0.05, 0) is 105 Å². The van der Waals surface area contributed by atoms with Crippen LogP contribution in [0.5, 0.6) is 0 Å². The van der Waals surface area contributed by atoms with Crippen molar-refractivity contribution in [1.82, 2.24) is 9.88 Å². The molecule has 9 aromatic carbocycles. The van der Waals surface area contributed by atoms with Crippen LogP contribution in [0.3, 0.4) is 0 Å². The van der Waals surface area contributed by atoms with E-state index in [-0.39, 0.29) is 5.41 Å². The van der Waals surface area contributed by atoms with Gasteiger partial charge in [0.1, 0.15) is 6.17 Å². The molecule has 2 N–H and O–H groups in total. The lowest BCUT2D eigenvalue weighted by Crippen LogP contribution is -2.19. The maximum atomic E-state index is 5.61. The number of benzene rings is 9. The number of hydrogen-bond donors (Lipinski definition) is 2. The first-order valence-electron chi connectivity index (χ1n) is 22.7. The SMILES string of the molecule is CNC(N=C(N=Cc1ccccc1)n1c2ccc(-c3ccc(Nc4ccccc4)c(-c4ccccc4)c3)cc2c2ccc3c(c21)-c1ccccc1C3(C)C)c1cccc(-c2ccccc2)c1. The summed E-state index contributed by atoms with van der Waals surface area (Å²) in [4.78, 5) is 11.0. The highest BCUT2D eigenvalue weighted by molar-refractivity contribution is 6.20. The molecule has 5 nitrogen and oxygen atoms in total. The molecule has 1 heterocycles. The molecular weight excluding hydrogens is 803 g/mol. The van der Waals surface area contributed by atoms with Gasteiger partial charge in [0.25, 0.3) is 0 Å². The molecule has 0 saturated heterocycles. The molecule has 0 amide bonds. The van der Waals surface area contributed by atoms with E-state index in [0.29, 0.717) is 5.96 Å². The van der Waals surface area contributed by atoms with Gasteiger partial charge < -0.3 is 5.32 Å². The number of aromatic nitrogens is 1. The highest BCUT2D eigenvalue weighted by Crippen LogP contribution is 2.53. The first kappa shape index (κ1) is 40.6. The van der Waals surface area contributed by atoms with Crippen molar-refractivity contribution in [2.45, 2.75) is 25.4 Å². The van der Waals surface area contributed by atoms with E-state index >= 15 is 0 Å². The van der Waals surface area contributed by atoms with Crippen LogP contribution in [-0.2, 0) is 5.41 Å². The number of anilines is 2. The summed E-state index contributed by atoms with van der Waals surface area (Å²) in [6, 6.07) is 77.6. The Labute approximate surface area is 386 Å². The van der Waals surface area contributed by atoms with Crippen LogP contribution in [0.1, 0.15) is 42.3 Å². The molecule has 11 rings (SSSR count). The second kappa shape index (κ2) is 17.1. The Balaban J connectivity index is 1.15. The van der Waals surface area contributed by atoms with Crippen LogP contribution in [0.15, 0.2) is 228 Å². The van der Waals surface area contributed by atoms with Gasteiger partial charge in [-0.2, -0.15) is 0 Å². The van der Waals surface area contributed by atoms with Crippen LogP contribution in [0.4, 0.5) is 11.4 Å². The number of hydrogen-bond acceptors (Lipinski definition) is 3. The van der Waals surface area contributed by atoms with Gasteiger partial charge in [0.2, 0.25) is 5.96 Å². The highest BCUT2D eigenvalue weighted by Gasteiger charge is 2.38. The minimum Gasteiger partial charge on any atom is -0.355 e. The maximum absolute atomic E-state index is 5.61. The number of nitrogens with one attached hydrogen (secondary N) is 2. The monoisotopic (exact) mass is 851 g/mol. The second-order valence-corrected chi connectivity index (χ2v) is 17.5. The molecular formula is C61H49N5. The fourth-order valence-electron chi connectivity index (χ4n) is 9.81. The first-order chi connectivity index (χ1) is 32.4. The van der Waals surface area contributed by atoms with Crippen molar-refractivity contribution in [3.8, 4) is 44.5 Å². The van der Waals surface area contributed by atoms with Gasteiger partial charge in [-0.3, -0.25) is 9.88 Å². The Kier molecular flexibility index (Phi) is 10.5. The van der Waals surface area contributed by atoms with E-state index in [2.05, 4.69) is 223 Å². The van der Waals surface area contributed by atoms with Crippen LogP contribution in [0.2, 0.25) is 0 Å². The molecule has 0 aliphatic heterocycles. The lowest BCUT2D eigenvalue weighted by molar-refractivity contribution is 0.622. The van der Waals surface area contributed by atoms with Gasteiger partial charge in [-0.25, -0.2) is 9.98 Å². The Bertz CT molecular complexity index is 3440. The van der Waals surface area contributed by atoms with Crippen molar-refractivity contribution < 1.29 is 0 Å². The average molecular weight is 852 g/mol. The minimum atomic E-state index is -0.400. The summed E-state index contributed by atoms with van der Waals surface area (Å²) in [6.45, 7) is 4.68. The summed E-state index contributed by atoms with van der Waals surface area (Å²) < 4.78 is 2.32. The van der Waals surface area contributed by atoms with Gasteiger partial charge in [-0.1, -0.05) is 190 Å². The fourth-order valence-corrected chi connectivity index (χ4v) is 9.81. The first-order valence-corrected chi connectivity index (χ1v) is 22.7. The van der Waals surface area contributed by atoms with Gasteiger partial charge in [0.05, 0.1) is 11.0 Å². The third-order valence-electron chi connectivity index (χ3n) is 13.1. The molecule has 1 aromatic heterocycles. The van der Waals surface area contributed by atoms with Crippen molar-refractivity contribution in [3.63, 3.8) is 0 Å². The number of aliphatic imine (C=N–C) groups is 2. The van der Waals surface area contributed by atoms with Gasteiger partial charge >= 0.3 is 0 Å². The molecule has 1 aliphatic carbocycles. The van der Waals surface area contributed by atoms with E-state index in [4.69, 9.17) is 9.98 Å². The predicted molar refractivity (Wildman–Crippen MR) is 278 cm³/mol. The molecule has 1 unspecified atom stereocenters. The number of rotatable bonds is 9. The van der Waals surface area contributed by atoms with E-state index in [1.54, 1.807) is 0 Å². The quantitative estimate of drug-likeness (QED) is 0.112. The summed E-state index contributed by atoms with van der Waals surface area (Å²) in [5.74, 6) is 0.592. The molecule has 0 bridgehead atoms. The normalized spacial score (nSPS) is 13.5. The standard InChI is InChI=1S/C61H49N5/c1-61(2)53-30-17-16-29-50(53)57-54(61)34-33-49-52-39-46(45-31-35-55(64-48-27-14-7-15-28-48)51(38-45)43-23-12-6-13-24-43)32-36-56(52)66(58(49)57)60(63-40-41-19-8-4-9-20-41)65-59(62-3)47-26-18-25-44(37-47)42-21-10-5-11-22-42/h4-40,59,62,64H,1-3H3. The summed E-state index contributed by atoms with van der Waals surface area (Å²) in [5, 5.41) is 9.53. The molecule has 5 heteroatoms. The summed E-state index contributed by atoms with van der Waals surface area (Å²) in [6.07, 6.45) is 1.54. The van der Waals surface area contributed by atoms with E-state index in [0.717, 1.165) is 77.7 Å². The Hall–Kier alpha value is -8.12. The Morgan fingerprint density at radius 2 is 1.17 bits per heavy atom. The van der Waals surface area contributed by atoms with Gasteiger partial charge in [-0.15, -0.1) is 0 Å². The third kappa shape index (κ3) is 7.39. The van der Waals surface area contributed by atoms with Gasteiger partial charge in [0, 0.05) is 44.9 Å². The third-order valence-corrected chi connectivity index (χ3v) is 13.1. The van der Waals surface area contributed by atoms with Crippen LogP contribution in [0.25, 0.3) is 66.3 Å². The highest BCUT2D eigenvalue weighted by atomic mass is 15.2. The molecule has 1 atom stereocenters. The van der Waals surface area contributed by atoms with Crippen molar-refractivity contribution in [2.24, 2.45) is 9.98 Å². The summed E-state index contributed by atoms with van der Waals surface area (Å²) in [7, 11) is 1.97. The van der Waals surface area contributed by atoms with Crippen molar-refractivity contribution in [3.05, 3.63) is 241 Å². The topological polar surface area (TPSA) is 53.7 Å². The zero-order valence-corrected chi connectivity index (χ0v) is 37.3. The molecule has 0 spiro atoms. The number of para-hydroxylation sites is 1. The molecule has 0 saturated carbocycles. The largest absolute Gasteiger partial charge is 0.355 e. The van der Waals surface area contributed by atoms with Crippen LogP contribution in [-0.4, -0.2) is 23.8 Å². The van der Waals surface area contributed by atoms with E-state index in [9.17, 15) is 0 Å².